The van der Waals surface area contributed by atoms with E-state index >= 15 is 0 Å². The van der Waals surface area contributed by atoms with Crippen LogP contribution in [0.2, 0.25) is 0 Å². The highest BCUT2D eigenvalue weighted by atomic mass is 19.1. The Morgan fingerprint density at radius 3 is 2.63 bits per heavy atom. The summed E-state index contributed by atoms with van der Waals surface area (Å²) in [5.41, 5.74) is 2.50. The molecule has 3 aliphatic carbocycles. The molecule has 4 fully saturated rings. The standard InChI is InChI=1S/C39H47FN6O3/c1-24-21-45(16-15-41-24)38(44-33-18-27-17-31(25(33)2)39(27,3)4)42-28-11-13-30-34(19-28)43-36(23-49-35-14-12-29(48-5)20-32(35)40)46(37(30)47)22-26-9-7-6-8-10-26/h6-14,19-20,24-25,27,31,33,41H,15-18,21-23H2,1-5H3,(H,42,44)/t24-,25+,27-,31-,33-/m0/s1. The molecule has 0 amide bonds. The summed E-state index contributed by atoms with van der Waals surface area (Å²) < 4.78 is 27.5. The van der Waals surface area contributed by atoms with Crippen molar-refractivity contribution in [1.82, 2.24) is 19.8 Å². The summed E-state index contributed by atoms with van der Waals surface area (Å²) in [7, 11) is 1.48. The number of anilines is 1. The largest absolute Gasteiger partial charge is 0.497 e. The molecule has 2 bridgehead atoms. The molecule has 4 aromatic rings. The second kappa shape index (κ2) is 13.5. The SMILES string of the molecule is COc1ccc(OCc2nc3cc(NC(=N[C@H]4C[C@@H]5C[C@@H]([C@H]4C)C5(C)C)N4CCN[C@@H](C)C4)ccc3c(=O)n2Cc2ccccc2)c(F)c1. The summed E-state index contributed by atoms with van der Waals surface area (Å²) in [5, 5.41) is 7.70. The lowest BCUT2D eigenvalue weighted by molar-refractivity contribution is -0.108. The molecule has 0 unspecified atom stereocenters. The van der Waals surface area contributed by atoms with Gasteiger partial charge in [0.05, 0.1) is 30.6 Å². The lowest BCUT2D eigenvalue weighted by Crippen LogP contribution is -2.57. The first-order chi connectivity index (χ1) is 23.6. The summed E-state index contributed by atoms with van der Waals surface area (Å²) in [6.45, 7) is 12.2. The molecule has 1 aromatic heterocycles. The van der Waals surface area contributed by atoms with Gasteiger partial charge < -0.3 is 25.0 Å². The number of nitrogens with zero attached hydrogens (tertiary/aromatic N) is 4. The Kier molecular flexibility index (Phi) is 9.09. The molecule has 49 heavy (non-hydrogen) atoms. The molecule has 3 saturated carbocycles. The quantitative estimate of drug-likeness (QED) is 0.168. The number of hydrogen-bond acceptors (Lipinski definition) is 6. The topological polar surface area (TPSA) is 93.0 Å². The Labute approximate surface area is 287 Å². The zero-order valence-electron chi connectivity index (χ0n) is 29.1. The van der Waals surface area contributed by atoms with E-state index in [1.165, 1.54) is 25.7 Å². The van der Waals surface area contributed by atoms with E-state index in [4.69, 9.17) is 19.5 Å². The van der Waals surface area contributed by atoms with Crippen molar-refractivity contribution >= 4 is 22.5 Å². The second-order valence-corrected chi connectivity index (χ2v) is 14.6. The average molecular weight is 667 g/mol. The molecule has 10 heteroatoms. The van der Waals surface area contributed by atoms with E-state index < -0.39 is 5.82 Å². The highest BCUT2D eigenvalue weighted by Crippen LogP contribution is 2.61. The van der Waals surface area contributed by atoms with Gasteiger partial charge >= 0.3 is 0 Å². The monoisotopic (exact) mass is 666 g/mol. The summed E-state index contributed by atoms with van der Waals surface area (Å²) in [6, 6.07) is 20.5. The molecule has 1 aliphatic heterocycles. The zero-order chi connectivity index (χ0) is 34.3. The molecule has 4 aliphatic rings. The molecular weight excluding hydrogens is 619 g/mol. The molecule has 5 atom stereocenters. The highest BCUT2D eigenvalue weighted by molar-refractivity contribution is 5.96. The van der Waals surface area contributed by atoms with Crippen LogP contribution >= 0.6 is 0 Å². The van der Waals surface area contributed by atoms with Crippen LogP contribution in [0.25, 0.3) is 10.9 Å². The van der Waals surface area contributed by atoms with E-state index in [-0.39, 0.29) is 24.0 Å². The van der Waals surface area contributed by atoms with Crippen molar-refractivity contribution in [3.8, 4) is 11.5 Å². The predicted molar refractivity (Wildman–Crippen MR) is 192 cm³/mol. The van der Waals surface area contributed by atoms with Gasteiger partial charge in [-0.2, -0.15) is 0 Å². The van der Waals surface area contributed by atoms with E-state index in [1.807, 2.05) is 48.5 Å². The first kappa shape index (κ1) is 33.1. The van der Waals surface area contributed by atoms with Gasteiger partial charge in [0.1, 0.15) is 12.4 Å². The van der Waals surface area contributed by atoms with E-state index in [1.54, 1.807) is 10.6 Å². The van der Waals surface area contributed by atoms with Crippen molar-refractivity contribution in [3.05, 3.63) is 94.3 Å². The zero-order valence-corrected chi connectivity index (χ0v) is 29.1. The predicted octanol–water partition coefficient (Wildman–Crippen LogP) is 6.30. The van der Waals surface area contributed by atoms with Crippen LogP contribution < -0.4 is 25.7 Å². The Balaban J connectivity index is 1.22. The molecule has 258 valence electrons. The van der Waals surface area contributed by atoms with Gasteiger partial charge in [-0.3, -0.25) is 9.36 Å². The van der Waals surface area contributed by atoms with Gasteiger partial charge in [0, 0.05) is 37.4 Å². The summed E-state index contributed by atoms with van der Waals surface area (Å²) >= 11 is 0. The number of benzene rings is 3. The van der Waals surface area contributed by atoms with Crippen LogP contribution in [0, 0.1) is 29.0 Å². The third kappa shape index (κ3) is 6.63. The number of guanidine groups is 1. The van der Waals surface area contributed by atoms with E-state index in [0.29, 0.717) is 58.2 Å². The fourth-order valence-electron chi connectivity index (χ4n) is 8.15. The van der Waals surface area contributed by atoms with Gasteiger partial charge in [0.2, 0.25) is 0 Å². The number of fused-ring (bicyclic) bond motifs is 3. The minimum atomic E-state index is -0.550. The van der Waals surface area contributed by atoms with Crippen LogP contribution in [0.5, 0.6) is 11.5 Å². The molecular formula is C39H47FN6O3. The van der Waals surface area contributed by atoms with Crippen molar-refractivity contribution in [2.75, 3.05) is 32.1 Å². The maximum absolute atomic E-state index is 14.8. The number of aliphatic imine (C=N–C) groups is 1. The number of rotatable bonds is 8. The fraction of sp³-hybridized carbons (Fsp3) is 0.462. The number of methoxy groups -OCH3 is 1. The number of piperazine rings is 1. The number of hydrogen-bond donors (Lipinski definition) is 2. The second-order valence-electron chi connectivity index (χ2n) is 14.6. The summed E-state index contributed by atoms with van der Waals surface area (Å²) in [4.78, 5) is 26.8. The molecule has 2 heterocycles. The minimum Gasteiger partial charge on any atom is -0.497 e. The van der Waals surface area contributed by atoms with Gasteiger partial charge in [-0.1, -0.05) is 51.1 Å². The summed E-state index contributed by atoms with van der Waals surface area (Å²) in [5.74, 6) is 3.09. The van der Waals surface area contributed by atoms with Gasteiger partial charge in [-0.05, 0) is 78.8 Å². The van der Waals surface area contributed by atoms with Crippen molar-refractivity contribution in [3.63, 3.8) is 0 Å². The Hall–Kier alpha value is -4.44. The molecule has 9 nitrogen and oxygen atoms in total. The van der Waals surface area contributed by atoms with Crippen LogP contribution in [0.15, 0.2) is 76.5 Å². The van der Waals surface area contributed by atoms with Crippen LogP contribution in [-0.4, -0.2) is 59.2 Å². The van der Waals surface area contributed by atoms with E-state index in [0.717, 1.165) is 43.3 Å². The number of aromatic nitrogens is 2. The molecule has 3 aromatic carbocycles. The Morgan fingerprint density at radius 1 is 1.10 bits per heavy atom. The van der Waals surface area contributed by atoms with Crippen molar-refractivity contribution in [2.24, 2.45) is 28.2 Å². The van der Waals surface area contributed by atoms with Crippen LogP contribution in [0.4, 0.5) is 10.1 Å². The van der Waals surface area contributed by atoms with Gasteiger partial charge in [0.15, 0.2) is 23.4 Å². The lowest BCUT2D eigenvalue weighted by Gasteiger charge is -2.61. The average Bonchev–Trinajstić information content (AvgIpc) is 3.09. The maximum atomic E-state index is 14.8. The van der Waals surface area contributed by atoms with E-state index in [9.17, 15) is 9.18 Å². The van der Waals surface area contributed by atoms with Crippen molar-refractivity contribution in [2.45, 2.75) is 65.8 Å². The first-order valence-corrected chi connectivity index (χ1v) is 17.5. The number of halogens is 1. The van der Waals surface area contributed by atoms with Crippen LogP contribution in [0.3, 0.4) is 0 Å². The van der Waals surface area contributed by atoms with Gasteiger partial charge in [0.25, 0.3) is 5.56 Å². The molecule has 0 spiro atoms. The third-order valence-corrected chi connectivity index (χ3v) is 11.2. The Bertz CT molecular complexity index is 1910. The highest BCUT2D eigenvalue weighted by Gasteiger charge is 2.56. The first-order valence-electron chi connectivity index (χ1n) is 17.5. The number of ether oxygens (including phenoxy) is 2. The van der Waals surface area contributed by atoms with Crippen LogP contribution in [0.1, 0.15) is 51.9 Å². The van der Waals surface area contributed by atoms with E-state index in [2.05, 4.69) is 43.2 Å². The fourth-order valence-corrected chi connectivity index (χ4v) is 8.15. The van der Waals surface area contributed by atoms with Gasteiger partial charge in [-0.25, -0.2) is 14.4 Å². The van der Waals surface area contributed by atoms with Crippen molar-refractivity contribution in [1.29, 1.82) is 0 Å². The minimum absolute atomic E-state index is 0.0564. The molecule has 1 saturated heterocycles. The maximum Gasteiger partial charge on any atom is 0.261 e. The molecule has 2 N–H and O–H groups in total. The van der Waals surface area contributed by atoms with Crippen molar-refractivity contribution < 1.29 is 13.9 Å². The number of nitrogens with one attached hydrogen (secondary N) is 2. The lowest BCUT2D eigenvalue weighted by atomic mass is 9.45. The Morgan fingerprint density at radius 2 is 1.92 bits per heavy atom. The third-order valence-electron chi connectivity index (χ3n) is 11.2. The van der Waals surface area contributed by atoms with Crippen LogP contribution in [-0.2, 0) is 13.2 Å². The smallest absolute Gasteiger partial charge is 0.261 e. The summed E-state index contributed by atoms with van der Waals surface area (Å²) in [6.07, 6.45) is 2.42. The van der Waals surface area contributed by atoms with Gasteiger partial charge in [-0.15, -0.1) is 0 Å². The molecule has 0 radical (unpaired) electrons. The molecule has 8 rings (SSSR count). The normalized spacial score (nSPS) is 24.7.